The van der Waals surface area contributed by atoms with Crippen LogP contribution in [0.3, 0.4) is 0 Å². The minimum Gasteiger partial charge on any atom is -0.378 e. The molecule has 2 aliphatic heterocycles. The van der Waals surface area contributed by atoms with Crippen LogP contribution in [-0.2, 0) is 20.9 Å². The number of likely N-dealkylation sites (tertiary alicyclic amines) is 1. The van der Waals surface area contributed by atoms with Crippen molar-refractivity contribution >= 4 is 34.6 Å². The first-order valence-electron chi connectivity index (χ1n) is 10.3. The van der Waals surface area contributed by atoms with E-state index in [0.29, 0.717) is 38.0 Å². The Labute approximate surface area is 175 Å². The number of carbonyl (C=O) groups is 2. The Morgan fingerprint density at radius 1 is 1.14 bits per heavy atom. The molecule has 0 aliphatic carbocycles. The molecule has 4 rings (SSSR count). The van der Waals surface area contributed by atoms with Gasteiger partial charge in [-0.1, -0.05) is 30.8 Å². The van der Waals surface area contributed by atoms with E-state index in [2.05, 4.69) is 6.92 Å². The van der Waals surface area contributed by atoms with Crippen molar-refractivity contribution in [2.45, 2.75) is 31.5 Å². The van der Waals surface area contributed by atoms with Crippen molar-refractivity contribution < 1.29 is 14.3 Å². The number of morpholine rings is 1. The van der Waals surface area contributed by atoms with Crippen LogP contribution in [0.4, 0.5) is 0 Å². The lowest BCUT2D eigenvalue weighted by Crippen LogP contribution is -2.42. The fourth-order valence-electron chi connectivity index (χ4n) is 4.00. The molecule has 1 aromatic carbocycles. The zero-order valence-corrected chi connectivity index (χ0v) is 17.7. The molecule has 29 heavy (non-hydrogen) atoms. The highest BCUT2D eigenvalue weighted by Crippen LogP contribution is 2.25. The van der Waals surface area contributed by atoms with Crippen LogP contribution in [0.5, 0.6) is 0 Å². The van der Waals surface area contributed by atoms with Crippen molar-refractivity contribution in [2.24, 2.45) is 5.92 Å². The fourth-order valence-corrected chi connectivity index (χ4v) is 4.91. The molecule has 156 valence electrons. The van der Waals surface area contributed by atoms with Gasteiger partial charge in [0.15, 0.2) is 5.16 Å². The maximum Gasteiger partial charge on any atom is 0.242 e. The van der Waals surface area contributed by atoms with Crippen LogP contribution in [-0.4, -0.2) is 76.3 Å². The number of rotatable bonds is 5. The van der Waals surface area contributed by atoms with Crippen molar-refractivity contribution in [1.29, 1.82) is 0 Å². The Morgan fingerprint density at radius 2 is 1.93 bits per heavy atom. The van der Waals surface area contributed by atoms with Gasteiger partial charge >= 0.3 is 0 Å². The molecule has 7 nitrogen and oxygen atoms in total. The number of benzene rings is 1. The van der Waals surface area contributed by atoms with Crippen LogP contribution in [0.1, 0.15) is 19.8 Å². The number of para-hydroxylation sites is 2. The monoisotopic (exact) mass is 416 g/mol. The molecule has 2 saturated heterocycles. The molecule has 0 N–H and O–H groups in total. The molecule has 0 spiro atoms. The number of fused-ring (bicyclic) bond motifs is 1. The smallest absolute Gasteiger partial charge is 0.242 e. The summed E-state index contributed by atoms with van der Waals surface area (Å²) in [5, 5.41) is 0.728. The third kappa shape index (κ3) is 4.75. The van der Waals surface area contributed by atoms with Crippen molar-refractivity contribution in [3.05, 3.63) is 24.3 Å². The number of amides is 2. The van der Waals surface area contributed by atoms with Gasteiger partial charge in [0, 0.05) is 26.2 Å². The predicted molar refractivity (Wildman–Crippen MR) is 113 cm³/mol. The van der Waals surface area contributed by atoms with Crippen LogP contribution >= 0.6 is 11.8 Å². The highest BCUT2D eigenvalue weighted by atomic mass is 32.2. The highest BCUT2D eigenvalue weighted by molar-refractivity contribution is 7.99. The SMILES string of the molecule is CC1CCCN(C(=O)CSc2nc3ccccc3n2CC(=O)N2CCOCC2)C1. The van der Waals surface area contributed by atoms with Gasteiger partial charge in [-0.2, -0.15) is 0 Å². The average Bonchev–Trinajstić information content (AvgIpc) is 3.10. The van der Waals surface area contributed by atoms with Crippen LogP contribution < -0.4 is 0 Å². The normalized spacial score (nSPS) is 20.2. The van der Waals surface area contributed by atoms with Crippen molar-refractivity contribution in [2.75, 3.05) is 45.1 Å². The summed E-state index contributed by atoms with van der Waals surface area (Å²) in [6.45, 7) is 6.53. The average molecular weight is 417 g/mol. The Kier molecular flexibility index (Phi) is 6.40. The van der Waals surface area contributed by atoms with Crippen molar-refractivity contribution in [3.63, 3.8) is 0 Å². The fraction of sp³-hybridized carbons (Fsp3) is 0.571. The predicted octanol–water partition coefficient (Wildman–Crippen LogP) is 2.25. The number of thioether (sulfide) groups is 1. The van der Waals surface area contributed by atoms with Gasteiger partial charge in [-0.3, -0.25) is 9.59 Å². The third-order valence-corrected chi connectivity index (χ3v) is 6.57. The summed E-state index contributed by atoms with van der Waals surface area (Å²) in [5.41, 5.74) is 1.78. The second-order valence-electron chi connectivity index (χ2n) is 7.84. The first kappa shape index (κ1) is 20.2. The molecule has 1 unspecified atom stereocenters. The molecule has 8 heteroatoms. The largest absolute Gasteiger partial charge is 0.378 e. The summed E-state index contributed by atoms with van der Waals surface area (Å²) in [6, 6.07) is 7.82. The van der Waals surface area contributed by atoms with E-state index >= 15 is 0 Å². The highest BCUT2D eigenvalue weighted by Gasteiger charge is 2.23. The number of hydrogen-bond acceptors (Lipinski definition) is 5. The summed E-state index contributed by atoms with van der Waals surface area (Å²) >= 11 is 1.43. The van der Waals surface area contributed by atoms with E-state index in [-0.39, 0.29) is 18.4 Å². The number of aromatic nitrogens is 2. The van der Waals surface area contributed by atoms with Crippen LogP contribution in [0.25, 0.3) is 11.0 Å². The summed E-state index contributed by atoms with van der Waals surface area (Å²) in [4.78, 5) is 34.0. The molecule has 2 aromatic rings. The van der Waals surface area contributed by atoms with E-state index in [4.69, 9.17) is 9.72 Å². The van der Waals surface area contributed by atoms with Gasteiger partial charge in [0.2, 0.25) is 11.8 Å². The molecule has 2 aliphatic rings. The molecule has 0 radical (unpaired) electrons. The second-order valence-corrected chi connectivity index (χ2v) is 8.78. The summed E-state index contributed by atoms with van der Waals surface area (Å²) in [5.74, 6) is 1.13. The molecule has 0 saturated carbocycles. The molecule has 3 heterocycles. The number of piperidine rings is 1. The van der Waals surface area contributed by atoms with E-state index < -0.39 is 0 Å². The maximum absolute atomic E-state index is 12.8. The lowest BCUT2D eigenvalue weighted by atomic mass is 10.0. The van der Waals surface area contributed by atoms with Crippen LogP contribution in [0.2, 0.25) is 0 Å². The number of carbonyl (C=O) groups excluding carboxylic acids is 2. The summed E-state index contributed by atoms with van der Waals surface area (Å²) in [6.07, 6.45) is 2.26. The Morgan fingerprint density at radius 3 is 2.72 bits per heavy atom. The van der Waals surface area contributed by atoms with Gasteiger partial charge in [0.25, 0.3) is 0 Å². The van der Waals surface area contributed by atoms with E-state index in [1.807, 2.05) is 38.6 Å². The van der Waals surface area contributed by atoms with E-state index in [9.17, 15) is 9.59 Å². The molecular formula is C21H28N4O3S. The molecule has 2 amide bonds. The van der Waals surface area contributed by atoms with E-state index in [0.717, 1.165) is 35.7 Å². The summed E-state index contributed by atoms with van der Waals surface area (Å²) < 4.78 is 7.30. The molecule has 1 aromatic heterocycles. The van der Waals surface area contributed by atoms with Gasteiger partial charge in [-0.05, 0) is 30.9 Å². The molecule has 0 bridgehead atoms. The minimum atomic E-state index is 0.0643. The number of ether oxygens (including phenoxy) is 1. The van der Waals surface area contributed by atoms with Crippen LogP contribution in [0.15, 0.2) is 29.4 Å². The quantitative estimate of drug-likeness (QED) is 0.700. The standard InChI is InChI=1S/C21H28N4O3S/c1-16-5-4-8-24(13-16)20(27)15-29-21-22-17-6-2-3-7-18(17)25(21)14-19(26)23-9-11-28-12-10-23/h2-3,6-7,16H,4-5,8-15H2,1H3. The Hall–Kier alpha value is -2.06. The van der Waals surface area contributed by atoms with Gasteiger partial charge in [-0.25, -0.2) is 4.98 Å². The molecule has 2 fully saturated rings. The lowest BCUT2D eigenvalue weighted by molar-refractivity contribution is -0.136. The second kappa shape index (κ2) is 9.17. The van der Waals surface area contributed by atoms with Gasteiger partial charge in [0.05, 0.1) is 30.0 Å². The zero-order valence-electron chi connectivity index (χ0n) is 16.9. The third-order valence-electron chi connectivity index (χ3n) is 5.61. The Balaban J connectivity index is 1.48. The van der Waals surface area contributed by atoms with E-state index in [1.54, 1.807) is 0 Å². The van der Waals surface area contributed by atoms with Crippen molar-refractivity contribution in [3.8, 4) is 0 Å². The van der Waals surface area contributed by atoms with Crippen molar-refractivity contribution in [1.82, 2.24) is 19.4 Å². The van der Waals surface area contributed by atoms with Crippen LogP contribution in [0, 0.1) is 5.92 Å². The Bertz CT molecular complexity index is 878. The maximum atomic E-state index is 12.8. The number of hydrogen-bond donors (Lipinski definition) is 0. The molecule has 1 atom stereocenters. The topological polar surface area (TPSA) is 67.7 Å². The minimum absolute atomic E-state index is 0.0643. The van der Waals surface area contributed by atoms with Gasteiger partial charge in [0.1, 0.15) is 6.54 Å². The summed E-state index contributed by atoms with van der Waals surface area (Å²) in [7, 11) is 0. The number of nitrogens with zero attached hydrogens (tertiary/aromatic N) is 4. The number of imidazole rings is 1. The zero-order chi connectivity index (χ0) is 20.2. The van der Waals surface area contributed by atoms with Gasteiger partial charge < -0.3 is 19.1 Å². The van der Waals surface area contributed by atoms with E-state index in [1.165, 1.54) is 18.2 Å². The lowest BCUT2D eigenvalue weighted by Gasteiger charge is -2.30. The molecular weight excluding hydrogens is 388 g/mol. The first-order valence-corrected chi connectivity index (χ1v) is 11.3. The first-order chi connectivity index (χ1) is 14.1. The van der Waals surface area contributed by atoms with Gasteiger partial charge in [-0.15, -0.1) is 0 Å².